The summed E-state index contributed by atoms with van der Waals surface area (Å²) < 4.78 is 26.2. The maximum atomic E-state index is 12.8. The van der Waals surface area contributed by atoms with Crippen LogP contribution in [-0.4, -0.2) is 44.6 Å². The summed E-state index contributed by atoms with van der Waals surface area (Å²) >= 11 is 0. The first kappa shape index (κ1) is 18.8. The van der Waals surface area contributed by atoms with Crippen molar-refractivity contribution in [1.29, 1.82) is 0 Å². The molecule has 1 amide bonds. The first-order valence-corrected chi connectivity index (χ1v) is 10.4. The van der Waals surface area contributed by atoms with Gasteiger partial charge in [-0.15, -0.1) is 0 Å². The third-order valence-corrected chi connectivity index (χ3v) is 6.09. The van der Waals surface area contributed by atoms with Gasteiger partial charge >= 0.3 is 0 Å². The molecule has 1 heterocycles. The Balaban J connectivity index is 2.36. The van der Waals surface area contributed by atoms with Gasteiger partial charge in [-0.25, -0.2) is 8.42 Å². The molecule has 0 aliphatic carbocycles. The fraction of sp³-hybridized carbons (Fsp3) is 0.611. The zero-order chi connectivity index (χ0) is 17.7. The molecule has 1 aliphatic rings. The molecule has 5 nitrogen and oxygen atoms in total. The number of amides is 1. The Morgan fingerprint density at radius 2 is 1.79 bits per heavy atom. The van der Waals surface area contributed by atoms with E-state index in [1.807, 2.05) is 24.0 Å². The Morgan fingerprint density at radius 1 is 1.12 bits per heavy atom. The molecule has 0 bridgehead atoms. The van der Waals surface area contributed by atoms with Crippen molar-refractivity contribution >= 4 is 21.6 Å². The van der Waals surface area contributed by atoms with E-state index in [9.17, 15) is 13.2 Å². The highest BCUT2D eigenvalue weighted by atomic mass is 32.2. The molecule has 0 radical (unpaired) electrons. The molecule has 1 aliphatic heterocycles. The average Bonchev–Trinajstić information content (AvgIpc) is 2.53. The number of rotatable bonds is 6. The van der Waals surface area contributed by atoms with Gasteiger partial charge in [0, 0.05) is 25.2 Å². The number of anilines is 1. The fourth-order valence-corrected chi connectivity index (χ4v) is 4.77. The third kappa shape index (κ3) is 4.29. The van der Waals surface area contributed by atoms with Crippen molar-refractivity contribution in [1.82, 2.24) is 4.90 Å². The summed E-state index contributed by atoms with van der Waals surface area (Å²) in [7, 11) is -3.27. The van der Waals surface area contributed by atoms with E-state index in [0.717, 1.165) is 37.9 Å². The lowest BCUT2D eigenvalue weighted by Crippen LogP contribution is -2.38. The number of carbonyl (C=O) groups is 1. The molecule has 0 spiro atoms. The van der Waals surface area contributed by atoms with Crippen LogP contribution in [-0.2, 0) is 10.0 Å². The number of benzene rings is 1. The van der Waals surface area contributed by atoms with Crippen molar-refractivity contribution < 1.29 is 13.2 Å². The second kappa shape index (κ2) is 8.01. The van der Waals surface area contributed by atoms with Crippen LogP contribution < -0.4 is 4.31 Å². The van der Waals surface area contributed by atoms with Gasteiger partial charge in [0.25, 0.3) is 5.91 Å². The highest BCUT2D eigenvalue weighted by molar-refractivity contribution is 7.92. The van der Waals surface area contributed by atoms with Gasteiger partial charge in [-0.1, -0.05) is 13.8 Å². The van der Waals surface area contributed by atoms with Gasteiger partial charge in [-0.3, -0.25) is 9.10 Å². The minimum atomic E-state index is -3.27. The first-order valence-electron chi connectivity index (χ1n) is 8.80. The van der Waals surface area contributed by atoms with E-state index >= 15 is 0 Å². The smallest absolute Gasteiger partial charge is 0.253 e. The van der Waals surface area contributed by atoms with Crippen LogP contribution in [0.15, 0.2) is 18.2 Å². The minimum Gasteiger partial charge on any atom is -0.339 e. The Labute approximate surface area is 145 Å². The van der Waals surface area contributed by atoms with Crippen molar-refractivity contribution in [2.75, 3.05) is 29.7 Å². The van der Waals surface area contributed by atoms with Gasteiger partial charge in [0.05, 0.1) is 11.4 Å². The molecule has 1 fully saturated rings. The summed E-state index contributed by atoms with van der Waals surface area (Å²) in [5.41, 5.74) is 2.10. The lowest BCUT2D eigenvalue weighted by atomic mass is 10.1. The van der Waals surface area contributed by atoms with Gasteiger partial charge in [0.15, 0.2) is 0 Å². The summed E-state index contributed by atoms with van der Waals surface area (Å²) in [6, 6.07) is 5.43. The standard InChI is InChI=1S/C18H28N2O3S/c1-4-8-19(9-5-2)18(21)16-12-15(3)13-17(14-16)20-10-6-7-11-24(20,22)23/h12-14H,4-11H2,1-3H3. The summed E-state index contributed by atoms with van der Waals surface area (Å²) in [4.78, 5) is 14.7. The maximum Gasteiger partial charge on any atom is 0.253 e. The molecule has 0 unspecified atom stereocenters. The van der Waals surface area contributed by atoms with E-state index in [1.54, 1.807) is 6.07 Å². The highest BCUT2D eigenvalue weighted by Crippen LogP contribution is 2.26. The molecule has 134 valence electrons. The molecule has 0 atom stereocenters. The topological polar surface area (TPSA) is 57.7 Å². The van der Waals surface area contributed by atoms with Crippen molar-refractivity contribution in [2.24, 2.45) is 0 Å². The van der Waals surface area contributed by atoms with E-state index in [-0.39, 0.29) is 11.7 Å². The van der Waals surface area contributed by atoms with E-state index in [0.29, 0.717) is 24.2 Å². The van der Waals surface area contributed by atoms with Gasteiger partial charge in [-0.05, 0) is 56.4 Å². The van der Waals surface area contributed by atoms with Gasteiger partial charge < -0.3 is 4.90 Å². The Morgan fingerprint density at radius 3 is 2.38 bits per heavy atom. The van der Waals surface area contributed by atoms with E-state index in [4.69, 9.17) is 0 Å². The Kier molecular flexibility index (Phi) is 6.27. The second-order valence-electron chi connectivity index (χ2n) is 6.44. The lowest BCUT2D eigenvalue weighted by molar-refractivity contribution is 0.0755. The van der Waals surface area contributed by atoms with Crippen LogP contribution in [0.5, 0.6) is 0 Å². The Hall–Kier alpha value is -1.56. The molecule has 1 saturated heterocycles. The number of aryl methyl sites for hydroxylation is 1. The summed E-state index contributed by atoms with van der Waals surface area (Å²) in [5, 5.41) is 0. The molecule has 0 N–H and O–H groups in total. The quantitative estimate of drug-likeness (QED) is 0.790. The number of carbonyl (C=O) groups excluding carboxylic acids is 1. The molecule has 0 aromatic heterocycles. The normalized spacial score (nSPS) is 16.9. The maximum absolute atomic E-state index is 12.8. The monoisotopic (exact) mass is 352 g/mol. The van der Waals surface area contributed by atoms with Crippen LogP contribution in [0.1, 0.15) is 55.5 Å². The van der Waals surface area contributed by atoms with Crippen molar-refractivity contribution in [3.8, 4) is 0 Å². The van der Waals surface area contributed by atoms with Crippen LogP contribution in [0, 0.1) is 6.92 Å². The van der Waals surface area contributed by atoms with Crippen LogP contribution >= 0.6 is 0 Å². The number of hydrogen-bond donors (Lipinski definition) is 0. The van der Waals surface area contributed by atoms with Crippen molar-refractivity contribution in [3.05, 3.63) is 29.3 Å². The zero-order valence-corrected chi connectivity index (χ0v) is 15.7. The van der Waals surface area contributed by atoms with Gasteiger partial charge in [0.1, 0.15) is 0 Å². The summed E-state index contributed by atoms with van der Waals surface area (Å²) in [6.45, 7) is 7.94. The number of nitrogens with zero attached hydrogens (tertiary/aromatic N) is 2. The zero-order valence-electron chi connectivity index (χ0n) is 14.9. The largest absolute Gasteiger partial charge is 0.339 e. The summed E-state index contributed by atoms with van der Waals surface area (Å²) in [6.07, 6.45) is 3.38. The average molecular weight is 353 g/mol. The Bertz CT molecular complexity index is 680. The van der Waals surface area contributed by atoms with E-state index in [2.05, 4.69) is 13.8 Å². The molecule has 1 aromatic rings. The van der Waals surface area contributed by atoms with Gasteiger partial charge in [-0.2, -0.15) is 0 Å². The van der Waals surface area contributed by atoms with Crippen LogP contribution in [0.4, 0.5) is 5.69 Å². The van der Waals surface area contributed by atoms with Gasteiger partial charge in [0.2, 0.25) is 10.0 Å². The molecular formula is C18H28N2O3S. The number of sulfonamides is 1. The van der Waals surface area contributed by atoms with Crippen LogP contribution in [0.2, 0.25) is 0 Å². The second-order valence-corrected chi connectivity index (χ2v) is 8.46. The van der Waals surface area contributed by atoms with E-state index in [1.165, 1.54) is 4.31 Å². The van der Waals surface area contributed by atoms with Crippen LogP contribution in [0.25, 0.3) is 0 Å². The molecule has 2 rings (SSSR count). The SMILES string of the molecule is CCCN(CCC)C(=O)c1cc(C)cc(N2CCCCS2(=O)=O)c1. The molecule has 6 heteroatoms. The first-order chi connectivity index (χ1) is 11.4. The molecule has 1 aromatic carbocycles. The van der Waals surface area contributed by atoms with Crippen molar-refractivity contribution in [3.63, 3.8) is 0 Å². The summed E-state index contributed by atoms with van der Waals surface area (Å²) in [5.74, 6) is 0.167. The molecule has 0 saturated carbocycles. The highest BCUT2D eigenvalue weighted by Gasteiger charge is 2.27. The predicted octanol–water partition coefficient (Wildman–Crippen LogP) is 3.19. The van der Waals surface area contributed by atoms with Crippen molar-refractivity contribution in [2.45, 2.75) is 46.5 Å². The third-order valence-electron chi connectivity index (χ3n) is 4.22. The van der Waals surface area contributed by atoms with Crippen LogP contribution in [0.3, 0.4) is 0 Å². The fourth-order valence-electron chi connectivity index (χ4n) is 3.15. The minimum absolute atomic E-state index is 0.0157. The van der Waals surface area contributed by atoms with E-state index < -0.39 is 10.0 Å². The lowest BCUT2D eigenvalue weighted by Gasteiger charge is -2.29. The number of hydrogen-bond acceptors (Lipinski definition) is 3. The predicted molar refractivity (Wildman–Crippen MR) is 98.0 cm³/mol. The molecule has 24 heavy (non-hydrogen) atoms. The molecular weight excluding hydrogens is 324 g/mol.